The number of rotatable bonds is 7. The number of halogens is 1. The van der Waals surface area contributed by atoms with Crippen molar-refractivity contribution in [1.29, 1.82) is 0 Å². The molecule has 0 unspecified atom stereocenters. The lowest BCUT2D eigenvalue weighted by Crippen LogP contribution is -2.43. The summed E-state index contributed by atoms with van der Waals surface area (Å²) in [6.07, 6.45) is 3.69. The van der Waals surface area contributed by atoms with Crippen LogP contribution in [0.5, 0.6) is 0 Å². The van der Waals surface area contributed by atoms with Crippen LogP contribution in [0.1, 0.15) is 29.0 Å². The monoisotopic (exact) mass is 394 g/mol. The Balaban J connectivity index is 1.61. The highest BCUT2D eigenvalue weighted by Gasteiger charge is 2.25. The molecule has 1 aliphatic rings. The van der Waals surface area contributed by atoms with Crippen molar-refractivity contribution in [3.8, 4) is 0 Å². The maximum Gasteiger partial charge on any atom is 0.130 e. The van der Waals surface area contributed by atoms with Gasteiger partial charge in [0.05, 0.1) is 19.3 Å². The molecule has 1 aromatic heterocycles. The van der Waals surface area contributed by atoms with E-state index in [1.807, 2.05) is 29.9 Å². The molecule has 0 amide bonds. The molecule has 0 saturated carbocycles. The average Bonchev–Trinajstić information content (AvgIpc) is 3.18. The second-order valence-corrected chi connectivity index (χ2v) is 7.37. The van der Waals surface area contributed by atoms with Crippen molar-refractivity contribution in [3.05, 3.63) is 89.8 Å². The van der Waals surface area contributed by atoms with E-state index in [0.717, 1.165) is 44.2 Å². The average molecular weight is 394 g/mol. The highest BCUT2D eigenvalue weighted by atomic mass is 19.1. The fraction of sp³-hybridized carbons (Fsp3) is 0.348. The van der Waals surface area contributed by atoms with Gasteiger partial charge in [-0.15, -0.1) is 0 Å². The zero-order valence-corrected chi connectivity index (χ0v) is 16.7. The first-order valence-electron chi connectivity index (χ1n) is 10.0. The van der Waals surface area contributed by atoms with Gasteiger partial charge >= 0.3 is 0 Å². The van der Waals surface area contributed by atoms with Gasteiger partial charge in [0.25, 0.3) is 0 Å². The maximum absolute atomic E-state index is 13.9. The molecule has 152 valence electrons. The number of hydrogen-bond donors (Lipinski definition) is 1. The van der Waals surface area contributed by atoms with Crippen molar-refractivity contribution in [1.82, 2.24) is 19.8 Å². The second kappa shape index (κ2) is 9.31. The summed E-state index contributed by atoms with van der Waals surface area (Å²) in [6.45, 7) is 4.01. The Kier molecular flexibility index (Phi) is 6.34. The zero-order valence-electron chi connectivity index (χ0n) is 16.7. The molecule has 29 heavy (non-hydrogen) atoms. The fourth-order valence-electron chi connectivity index (χ4n) is 3.95. The van der Waals surface area contributed by atoms with Gasteiger partial charge in [-0.05, 0) is 23.3 Å². The molecule has 3 aromatic rings. The van der Waals surface area contributed by atoms with Gasteiger partial charge in [-0.25, -0.2) is 9.37 Å². The van der Waals surface area contributed by atoms with Crippen LogP contribution < -0.4 is 5.32 Å². The molecular formula is C23H27FN4O. The predicted octanol–water partition coefficient (Wildman–Crippen LogP) is 3.31. The van der Waals surface area contributed by atoms with Crippen LogP contribution in [-0.2, 0) is 11.8 Å². The van der Waals surface area contributed by atoms with Crippen LogP contribution in [0.2, 0.25) is 0 Å². The molecule has 1 saturated heterocycles. The number of imidazole rings is 1. The Hall–Kier alpha value is -2.54. The van der Waals surface area contributed by atoms with Gasteiger partial charge in [0.2, 0.25) is 0 Å². The molecule has 0 aliphatic carbocycles. The number of morpholine rings is 1. The molecule has 6 heteroatoms. The second-order valence-electron chi connectivity index (χ2n) is 7.37. The number of aromatic nitrogens is 2. The zero-order chi connectivity index (χ0) is 20.1. The summed E-state index contributed by atoms with van der Waals surface area (Å²) in [5, 5.41) is 3.67. The van der Waals surface area contributed by atoms with E-state index in [2.05, 4.69) is 39.5 Å². The van der Waals surface area contributed by atoms with Gasteiger partial charge < -0.3 is 14.6 Å². The predicted molar refractivity (Wildman–Crippen MR) is 111 cm³/mol. The minimum atomic E-state index is -0.240. The summed E-state index contributed by atoms with van der Waals surface area (Å²) in [5.41, 5.74) is 2.13. The van der Waals surface area contributed by atoms with Crippen LogP contribution in [0.15, 0.2) is 67.0 Å². The standard InChI is InChI=1S/C23H27FN4O/c1-27-11-10-25-23(27)22(19-8-5-9-20(24)16-19)26-17-21(18-6-3-2-4-7-18)28-12-14-29-15-13-28/h2-11,16,21-22,26H,12-15,17H2,1H3/t21-,22-/m0/s1. The Morgan fingerprint density at radius 1 is 1.07 bits per heavy atom. The summed E-state index contributed by atoms with van der Waals surface area (Å²) < 4.78 is 21.5. The fourth-order valence-corrected chi connectivity index (χ4v) is 3.95. The van der Waals surface area contributed by atoms with Crippen molar-refractivity contribution in [2.45, 2.75) is 12.1 Å². The minimum Gasteiger partial charge on any atom is -0.379 e. The number of aryl methyl sites for hydroxylation is 1. The van der Waals surface area contributed by atoms with E-state index in [1.54, 1.807) is 18.3 Å². The lowest BCUT2D eigenvalue weighted by atomic mass is 10.0. The maximum atomic E-state index is 13.9. The van der Waals surface area contributed by atoms with Crippen LogP contribution in [0, 0.1) is 5.82 Å². The molecule has 2 atom stereocenters. The summed E-state index contributed by atoms with van der Waals surface area (Å²) >= 11 is 0. The smallest absolute Gasteiger partial charge is 0.130 e. The molecule has 5 nitrogen and oxygen atoms in total. The van der Waals surface area contributed by atoms with E-state index >= 15 is 0 Å². The van der Waals surface area contributed by atoms with Crippen molar-refractivity contribution < 1.29 is 9.13 Å². The molecular weight excluding hydrogens is 367 g/mol. The third kappa shape index (κ3) is 4.72. The molecule has 1 aliphatic heterocycles. The Labute approximate surface area is 171 Å². The van der Waals surface area contributed by atoms with Gasteiger partial charge in [-0.3, -0.25) is 4.90 Å². The molecule has 0 spiro atoms. The molecule has 2 aromatic carbocycles. The molecule has 1 fully saturated rings. The van der Waals surface area contributed by atoms with Gasteiger partial charge in [-0.2, -0.15) is 0 Å². The third-order valence-electron chi connectivity index (χ3n) is 5.48. The van der Waals surface area contributed by atoms with E-state index in [-0.39, 0.29) is 17.9 Å². The van der Waals surface area contributed by atoms with Gasteiger partial charge in [0.15, 0.2) is 0 Å². The van der Waals surface area contributed by atoms with Crippen LogP contribution in [0.4, 0.5) is 4.39 Å². The van der Waals surface area contributed by atoms with Crippen LogP contribution in [0.3, 0.4) is 0 Å². The van der Waals surface area contributed by atoms with E-state index in [9.17, 15) is 4.39 Å². The molecule has 0 radical (unpaired) electrons. The number of nitrogens with zero attached hydrogens (tertiary/aromatic N) is 3. The minimum absolute atomic E-state index is 0.196. The molecule has 1 N–H and O–H groups in total. The summed E-state index contributed by atoms with van der Waals surface area (Å²) in [4.78, 5) is 6.98. The van der Waals surface area contributed by atoms with E-state index in [0.29, 0.717) is 0 Å². The van der Waals surface area contributed by atoms with Crippen LogP contribution >= 0.6 is 0 Å². The Morgan fingerprint density at radius 3 is 2.52 bits per heavy atom. The van der Waals surface area contributed by atoms with Crippen molar-refractivity contribution in [3.63, 3.8) is 0 Å². The quantitative estimate of drug-likeness (QED) is 0.668. The number of ether oxygens (including phenoxy) is 1. The lowest BCUT2D eigenvalue weighted by molar-refractivity contribution is 0.0157. The van der Waals surface area contributed by atoms with Gasteiger partial charge in [0.1, 0.15) is 11.6 Å². The highest BCUT2D eigenvalue weighted by Crippen LogP contribution is 2.25. The Bertz CT molecular complexity index is 908. The van der Waals surface area contributed by atoms with Crippen molar-refractivity contribution in [2.24, 2.45) is 7.05 Å². The molecule has 0 bridgehead atoms. The summed E-state index contributed by atoms with van der Waals surface area (Å²) in [5.74, 6) is 0.626. The number of benzene rings is 2. The normalized spacial score (nSPS) is 17.2. The topological polar surface area (TPSA) is 42.3 Å². The van der Waals surface area contributed by atoms with E-state index < -0.39 is 0 Å². The lowest BCUT2D eigenvalue weighted by Gasteiger charge is -2.36. The van der Waals surface area contributed by atoms with Crippen molar-refractivity contribution >= 4 is 0 Å². The molecule has 2 heterocycles. The van der Waals surface area contributed by atoms with E-state index in [4.69, 9.17) is 4.74 Å². The summed E-state index contributed by atoms with van der Waals surface area (Å²) in [6, 6.07) is 17.3. The van der Waals surface area contributed by atoms with Gasteiger partial charge in [0, 0.05) is 45.1 Å². The SMILES string of the molecule is Cn1ccnc1[C@@H](NC[C@@H](c1ccccc1)N1CCOCC1)c1cccc(F)c1. The first-order chi connectivity index (χ1) is 14.2. The Morgan fingerprint density at radius 2 is 1.83 bits per heavy atom. The van der Waals surface area contributed by atoms with Crippen molar-refractivity contribution in [2.75, 3.05) is 32.8 Å². The number of hydrogen-bond acceptors (Lipinski definition) is 4. The van der Waals surface area contributed by atoms with Crippen LogP contribution in [-0.4, -0.2) is 47.3 Å². The first kappa shape index (κ1) is 19.8. The van der Waals surface area contributed by atoms with E-state index in [1.165, 1.54) is 11.6 Å². The van der Waals surface area contributed by atoms with Gasteiger partial charge in [-0.1, -0.05) is 42.5 Å². The van der Waals surface area contributed by atoms with Crippen LogP contribution in [0.25, 0.3) is 0 Å². The first-order valence-corrected chi connectivity index (χ1v) is 10.0. The highest BCUT2D eigenvalue weighted by molar-refractivity contribution is 5.27. The summed E-state index contributed by atoms with van der Waals surface area (Å²) in [7, 11) is 1.97. The number of nitrogens with one attached hydrogen (secondary N) is 1. The molecule has 4 rings (SSSR count). The third-order valence-corrected chi connectivity index (χ3v) is 5.48. The largest absolute Gasteiger partial charge is 0.379 e.